The molecule has 0 saturated heterocycles. The number of methoxy groups -OCH3 is 1. The van der Waals surface area contributed by atoms with Gasteiger partial charge >= 0.3 is 12.1 Å². The summed E-state index contributed by atoms with van der Waals surface area (Å²) in [5, 5.41) is 14.9. The highest BCUT2D eigenvalue weighted by Crippen LogP contribution is 2.63. The molecule has 0 radical (unpaired) electrons. The van der Waals surface area contributed by atoms with E-state index in [-0.39, 0.29) is 31.1 Å². The van der Waals surface area contributed by atoms with Crippen LogP contribution in [-0.4, -0.2) is 55.5 Å². The summed E-state index contributed by atoms with van der Waals surface area (Å²) in [7, 11) is 1.45. The van der Waals surface area contributed by atoms with Crippen LogP contribution in [0.1, 0.15) is 36.3 Å². The summed E-state index contributed by atoms with van der Waals surface area (Å²) in [4.78, 5) is 36.9. The summed E-state index contributed by atoms with van der Waals surface area (Å²) >= 11 is 0. The highest BCUT2D eigenvalue weighted by atomic mass is 16.5. The van der Waals surface area contributed by atoms with Gasteiger partial charge in [0, 0.05) is 19.1 Å². The molecule has 8 heteroatoms. The van der Waals surface area contributed by atoms with Crippen molar-refractivity contribution < 1.29 is 29.0 Å². The summed E-state index contributed by atoms with van der Waals surface area (Å²) in [5.74, 6) is -1.15. The number of carboxylic acid groups (broad SMARTS) is 1. The Hall–Kier alpha value is -3.39. The third-order valence-electron chi connectivity index (χ3n) is 7.47. The van der Waals surface area contributed by atoms with Gasteiger partial charge in [-0.25, -0.2) is 4.79 Å². The molecule has 2 amide bonds. The van der Waals surface area contributed by atoms with Crippen molar-refractivity contribution in [2.24, 2.45) is 11.3 Å². The van der Waals surface area contributed by atoms with Gasteiger partial charge in [0.1, 0.15) is 12.6 Å². The number of hydrogen-bond donors (Lipinski definition) is 3. The molecule has 0 aliphatic heterocycles. The third-order valence-corrected chi connectivity index (χ3v) is 7.47. The molecule has 0 aromatic heterocycles. The van der Waals surface area contributed by atoms with Crippen LogP contribution in [0.15, 0.2) is 48.5 Å². The molecule has 3 N–H and O–H groups in total. The van der Waals surface area contributed by atoms with Crippen molar-refractivity contribution in [1.82, 2.24) is 10.6 Å². The third kappa shape index (κ3) is 3.92. The first-order valence-corrected chi connectivity index (χ1v) is 11.6. The van der Waals surface area contributed by atoms with Crippen LogP contribution < -0.4 is 10.6 Å². The predicted octanol–water partition coefficient (Wildman–Crippen LogP) is 2.91. The molecule has 2 aromatic rings. The van der Waals surface area contributed by atoms with Crippen molar-refractivity contribution in [3.8, 4) is 11.1 Å². The number of alkyl carbamates (subject to hydrolysis) is 1. The number of carbonyl (C=O) groups excluding carboxylic acids is 2. The Balaban J connectivity index is 1.19. The number of carbonyl (C=O) groups is 3. The van der Waals surface area contributed by atoms with Crippen LogP contribution in [0.4, 0.5) is 4.79 Å². The summed E-state index contributed by atoms with van der Waals surface area (Å²) in [6, 6.07) is 15.0. The zero-order valence-electron chi connectivity index (χ0n) is 19.0. The predicted molar refractivity (Wildman–Crippen MR) is 123 cm³/mol. The van der Waals surface area contributed by atoms with Crippen LogP contribution in [0.25, 0.3) is 11.1 Å². The summed E-state index contributed by atoms with van der Waals surface area (Å²) < 4.78 is 10.7. The molecule has 3 aliphatic carbocycles. The molecule has 178 valence electrons. The molecule has 0 unspecified atom stereocenters. The van der Waals surface area contributed by atoms with Crippen LogP contribution in [0, 0.1) is 11.3 Å². The fourth-order valence-electron chi connectivity index (χ4n) is 5.70. The number of rotatable bonds is 8. The second kappa shape index (κ2) is 8.76. The molecule has 8 nitrogen and oxygen atoms in total. The van der Waals surface area contributed by atoms with Crippen molar-refractivity contribution in [2.45, 2.75) is 37.3 Å². The Morgan fingerprint density at radius 3 is 2.29 bits per heavy atom. The second-order valence-corrected chi connectivity index (χ2v) is 9.49. The van der Waals surface area contributed by atoms with Gasteiger partial charge in [-0.05, 0) is 47.4 Å². The van der Waals surface area contributed by atoms with Crippen LogP contribution in [-0.2, 0) is 19.1 Å². The monoisotopic (exact) mass is 464 g/mol. The fraction of sp³-hybridized carbons (Fsp3) is 0.423. The molecule has 2 saturated carbocycles. The second-order valence-electron chi connectivity index (χ2n) is 9.49. The van der Waals surface area contributed by atoms with E-state index in [9.17, 15) is 19.5 Å². The van der Waals surface area contributed by atoms with Gasteiger partial charge in [-0.2, -0.15) is 0 Å². The lowest BCUT2D eigenvalue weighted by Crippen LogP contribution is -2.51. The van der Waals surface area contributed by atoms with E-state index in [4.69, 9.17) is 9.47 Å². The van der Waals surface area contributed by atoms with Crippen molar-refractivity contribution in [3.05, 3.63) is 59.7 Å². The van der Waals surface area contributed by atoms with Crippen LogP contribution >= 0.6 is 0 Å². The zero-order valence-corrected chi connectivity index (χ0v) is 19.0. The molecule has 2 aromatic carbocycles. The Kier molecular flexibility index (Phi) is 5.77. The van der Waals surface area contributed by atoms with Crippen LogP contribution in [0.5, 0.6) is 0 Å². The minimum Gasteiger partial charge on any atom is -0.481 e. The van der Waals surface area contributed by atoms with Gasteiger partial charge in [-0.1, -0.05) is 48.5 Å². The van der Waals surface area contributed by atoms with E-state index in [1.165, 1.54) is 7.11 Å². The zero-order chi connectivity index (χ0) is 23.9. The quantitative estimate of drug-likeness (QED) is 0.554. The standard InChI is InChI=1S/C26H28N2O6/c1-33-14-22(23(29)27-16-10-15-11-26(15,12-16)24(30)31)28-25(32)34-13-21-19-8-4-2-6-17(19)18-7-3-5-9-20(18)21/h2-9,15-16,21-22H,10-14H2,1H3,(H,27,29)(H,28,32)(H,30,31)/t15-,16+,22-,26+/m0/s1. The number of benzene rings is 2. The molecule has 3 aliphatic rings. The summed E-state index contributed by atoms with van der Waals surface area (Å²) in [6.45, 7) is 0.128. The van der Waals surface area contributed by atoms with E-state index in [1.807, 2.05) is 36.4 Å². The van der Waals surface area contributed by atoms with E-state index >= 15 is 0 Å². The highest BCUT2D eigenvalue weighted by molar-refractivity contribution is 5.86. The minimum absolute atomic E-state index is 0.0176. The maximum Gasteiger partial charge on any atom is 0.407 e. The van der Waals surface area contributed by atoms with E-state index in [0.717, 1.165) is 22.3 Å². The molecule has 2 fully saturated rings. The average molecular weight is 465 g/mol. The van der Waals surface area contributed by atoms with Crippen LogP contribution in [0.3, 0.4) is 0 Å². The number of carboxylic acids is 1. The normalized spacial score (nSPS) is 25.0. The van der Waals surface area contributed by atoms with Crippen LogP contribution in [0.2, 0.25) is 0 Å². The summed E-state index contributed by atoms with van der Waals surface area (Å²) in [6.07, 6.45) is 1.04. The molecular weight excluding hydrogens is 436 g/mol. The van der Waals surface area contributed by atoms with E-state index in [1.54, 1.807) is 0 Å². The lowest BCUT2D eigenvalue weighted by Gasteiger charge is -2.22. The first-order valence-electron chi connectivity index (χ1n) is 11.6. The molecule has 34 heavy (non-hydrogen) atoms. The van der Waals surface area contributed by atoms with Gasteiger partial charge < -0.3 is 25.2 Å². The smallest absolute Gasteiger partial charge is 0.407 e. The van der Waals surface area contributed by atoms with Crippen molar-refractivity contribution in [3.63, 3.8) is 0 Å². The van der Waals surface area contributed by atoms with Crippen molar-refractivity contribution in [2.75, 3.05) is 20.3 Å². The number of nitrogens with one attached hydrogen (secondary N) is 2. The van der Waals surface area contributed by atoms with E-state index < -0.39 is 29.4 Å². The highest BCUT2D eigenvalue weighted by Gasteiger charge is 2.65. The molecule has 5 rings (SSSR count). The van der Waals surface area contributed by atoms with Crippen molar-refractivity contribution in [1.29, 1.82) is 0 Å². The SMILES string of the molecule is COC[C@H](NC(=O)OCC1c2ccccc2-c2ccccc21)C(=O)N[C@@H]1C[C@H]2C[C@@]2(C(=O)O)C1. The lowest BCUT2D eigenvalue weighted by atomic mass is 9.98. The Labute approximate surface area is 197 Å². The maximum atomic E-state index is 12.8. The fourth-order valence-corrected chi connectivity index (χ4v) is 5.70. The first kappa shape index (κ1) is 22.4. The first-order chi connectivity index (χ1) is 16.4. The van der Waals surface area contributed by atoms with Gasteiger partial charge in [0.25, 0.3) is 0 Å². The topological polar surface area (TPSA) is 114 Å². The van der Waals surface area contributed by atoms with Gasteiger partial charge in [0.05, 0.1) is 12.0 Å². The van der Waals surface area contributed by atoms with Crippen molar-refractivity contribution >= 4 is 18.0 Å². The molecule has 0 spiro atoms. The number of ether oxygens (including phenoxy) is 2. The van der Waals surface area contributed by atoms with Gasteiger partial charge in [0.2, 0.25) is 5.91 Å². The number of aliphatic carboxylic acids is 1. The summed E-state index contributed by atoms with van der Waals surface area (Å²) in [5.41, 5.74) is 3.80. The lowest BCUT2D eigenvalue weighted by molar-refractivity contribution is -0.143. The van der Waals surface area contributed by atoms with E-state index in [0.29, 0.717) is 19.3 Å². The van der Waals surface area contributed by atoms with Gasteiger partial charge in [-0.3, -0.25) is 9.59 Å². The molecule has 0 bridgehead atoms. The molecular formula is C26H28N2O6. The molecule has 4 atom stereocenters. The van der Waals surface area contributed by atoms with Gasteiger partial charge in [-0.15, -0.1) is 0 Å². The number of amides is 2. The van der Waals surface area contributed by atoms with Gasteiger partial charge in [0.15, 0.2) is 0 Å². The number of hydrogen-bond acceptors (Lipinski definition) is 5. The Bertz CT molecular complexity index is 1090. The molecule has 0 heterocycles. The van der Waals surface area contributed by atoms with E-state index in [2.05, 4.69) is 22.8 Å². The number of fused-ring (bicyclic) bond motifs is 4. The minimum atomic E-state index is -0.932. The maximum absolute atomic E-state index is 12.8. The Morgan fingerprint density at radius 2 is 1.71 bits per heavy atom. The Morgan fingerprint density at radius 1 is 1.06 bits per heavy atom. The largest absolute Gasteiger partial charge is 0.481 e. The average Bonchev–Trinajstić information content (AvgIpc) is 3.26.